The van der Waals surface area contributed by atoms with Gasteiger partial charge in [0.1, 0.15) is 5.82 Å². The van der Waals surface area contributed by atoms with E-state index in [1.165, 1.54) is 6.07 Å². The summed E-state index contributed by atoms with van der Waals surface area (Å²) in [5, 5.41) is 3.27. The van der Waals surface area contributed by atoms with Crippen molar-refractivity contribution in [2.45, 2.75) is 32.2 Å². The van der Waals surface area contributed by atoms with Gasteiger partial charge < -0.3 is 10.2 Å². The molecule has 5 heteroatoms. The third kappa shape index (κ3) is 4.18. The maximum absolute atomic E-state index is 13.6. The van der Waals surface area contributed by atoms with E-state index in [2.05, 4.69) is 12.2 Å². The van der Waals surface area contributed by atoms with Crippen LogP contribution in [0.3, 0.4) is 0 Å². The minimum Gasteiger partial charge on any atom is -0.338 e. The number of hydrogen-bond donors (Lipinski definition) is 1. The van der Waals surface area contributed by atoms with Crippen molar-refractivity contribution in [3.05, 3.63) is 35.6 Å². The topological polar surface area (TPSA) is 32.3 Å². The molecule has 1 aromatic rings. The van der Waals surface area contributed by atoms with Crippen LogP contribution in [0.5, 0.6) is 0 Å². The van der Waals surface area contributed by atoms with Crippen LogP contribution in [0.15, 0.2) is 24.3 Å². The Bertz CT molecular complexity index is 436. The number of rotatable bonds is 5. The first-order chi connectivity index (χ1) is 9.22. The zero-order chi connectivity index (χ0) is 13.7. The van der Waals surface area contributed by atoms with Gasteiger partial charge in [0, 0.05) is 19.1 Å². The van der Waals surface area contributed by atoms with E-state index in [4.69, 9.17) is 0 Å². The molecule has 0 saturated carbocycles. The fraction of sp³-hybridized carbons (Fsp3) is 0.533. The molecule has 0 aromatic heterocycles. The highest BCUT2D eigenvalue weighted by atomic mass is 35.5. The summed E-state index contributed by atoms with van der Waals surface area (Å²) >= 11 is 0. The molecule has 1 aliphatic rings. The van der Waals surface area contributed by atoms with Gasteiger partial charge in [-0.1, -0.05) is 25.1 Å². The molecule has 0 spiro atoms. The summed E-state index contributed by atoms with van der Waals surface area (Å²) in [6.45, 7) is 4.62. The van der Waals surface area contributed by atoms with E-state index >= 15 is 0 Å². The maximum atomic E-state index is 13.6. The number of nitrogens with zero attached hydrogens (tertiary/aromatic N) is 1. The van der Waals surface area contributed by atoms with Crippen LogP contribution in [0.1, 0.15) is 25.3 Å². The lowest BCUT2D eigenvalue weighted by atomic mass is 10.1. The van der Waals surface area contributed by atoms with Crippen molar-refractivity contribution < 1.29 is 9.18 Å². The molecular weight excluding hydrogens is 279 g/mol. The molecule has 1 heterocycles. The van der Waals surface area contributed by atoms with Gasteiger partial charge in [-0.3, -0.25) is 4.79 Å². The van der Waals surface area contributed by atoms with Crippen LogP contribution in [0.2, 0.25) is 0 Å². The van der Waals surface area contributed by atoms with Crippen LogP contribution in [-0.2, 0) is 11.2 Å². The van der Waals surface area contributed by atoms with Crippen molar-refractivity contribution >= 4 is 18.3 Å². The zero-order valence-electron chi connectivity index (χ0n) is 11.8. The summed E-state index contributed by atoms with van der Waals surface area (Å²) in [5.41, 5.74) is 0.486. The molecule has 1 aromatic carbocycles. The lowest BCUT2D eigenvalue weighted by molar-refractivity contribution is -0.132. The first-order valence-electron chi connectivity index (χ1n) is 6.96. The van der Waals surface area contributed by atoms with Gasteiger partial charge in [0.2, 0.25) is 5.91 Å². The fourth-order valence-corrected chi connectivity index (χ4v) is 2.56. The quantitative estimate of drug-likeness (QED) is 0.905. The van der Waals surface area contributed by atoms with Gasteiger partial charge in [0.05, 0.1) is 6.42 Å². The van der Waals surface area contributed by atoms with Gasteiger partial charge in [0.15, 0.2) is 0 Å². The van der Waals surface area contributed by atoms with Crippen molar-refractivity contribution in [2.75, 3.05) is 19.6 Å². The minimum atomic E-state index is -0.295. The fourth-order valence-electron chi connectivity index (χ4n) is 2.56. The van der Waals surface area contributed by atoms with Crippen LogP contribution >= 0.6 is 12.4 Å². The Kier molecular flexibility index (Phi) is 6.96. The molecule has 1 atom stereocenters. The summed E-state index contributed by atoms with van der Waals surface area (Å²) in [6.07, 6.45) is 2.08. The Labute approximate surface area is 125 Å². The summed E-state index contributed by atoms with van der Waals surface area (Å²) in [7, 11) is 0. The molecule has 0 aliphatic carbocycles. The molecule has 1 saturated heterocycles. The van der Waals surface area contributed by atoms with E-state index in [0.717, 1.165) is 32.5 Å². The molecule has 3 nitrogen and oxygen atoms in total. The minimum absolute atomic E-state index is 0. The van der Waals surface area contributed by atoms with Gasteiger partial charge >= 0.3 is 0 Å². The zero-order valence-corrected chi connectivity index (χ0v) is 12.6. The van der Waals surface area contributed by atoms with E-state index in [9.17, 15) is 9.18 Å². The third-order valence-corrected chi connectivity index (χ3v) is 3.56. The average molecular weight is 301 g/mol. The smallest absolute Gasteiger partial charge is 0.227 e. The Balaban J connectivity index is 0.00000200. The van der Waals surface area contributed by atoms with E-state index in [0.29, 0.717) is 5.56 Å². The molecular formula is C15H22ClFN2O. The van der Waals surface area contributed by atoms with Crippen molar-refractivity contribution in [1.82, 2.24) is 10.2 Å². The predicted molar refractivity (Wildman–Crippen MR) is 80.6 cm³/mol. The van der Waals surface area contributed by atoms with Crippen molar-refractivity contribution in [3.8, 4) is 0 Å². The van der Waals surface area contributed by atoms with Gasteiger partial charge in [-0.05, 0) is 31.0 Å². The highest BCUT2D eigenvalue weighted by Crippen LogP contribution is 2.14. The summed E-state index contributed by atoms with van der Waals surface area (Å²) in [4.78, 5) is 14.3. The molecule has 1 N–H and O–H groups in total. The Hall–Kier alpha value is -1.13. The number of carbonyl (C=O) groups is 1. The van der Waals surface area contributed by atoms with E-state index < -0.39 is 0 Å². The van der Waals surface area contributed by atoms with Crippen molar-refractivity contribution in [2.24, 2.45) is 0 Å². The SMILES string of the molecule is CCCN(C(=O)Cc1ccccc1F)C1CCNC1.Cl. The molecule has 1 amide bonds. The number of amides is 1. The van der Waals surface area contributed by atoms with Crippen LogP contribution in [-0.4, -0.2) is 36.5 Å². The normalized spacial score (nSPS) is 17.6. The monoisotopic (exact) mass is 300 g/mol. The van der Waals surface area contributed by atoms with Gasteiger partial charge in [-0.15, -0.1) is 12.4 Å². The van der Waals surface area contributed by atoms with Gasteiger partial charge in [-0.2, -0.15) is 0 Å². The summed E-state index contributed by atoms with van der Waals surface area (Å²) in [6, 6.07) is 6.77. The van der Waals surface area contributed by atoms with Crippen LogP contribution in [0, 0.1) is 5.82 Å². The standard InChI is InChI=1S/C15H21FN2O.ClH/c1-2-9-18(13-7-8-17-11-13)15(19)10-12-5-3-4-6-14(12)16;/h3-6,13,17H,2,7-11H2,1H3;1H. The maximum Gasteiger partial charge on any atom is 0.227 e. The lowest BCUT2D eigenvalue weighted by Crippen LogP contribution is -2.42. The number of benzene rings is 1. The number of hydrogen-bond acceptors (Lipinski definition) is 2. The number of halogens is 2. The second-order valence-corrected chi connectivity index (χ2v) is 5.00. The van der Waals surface area contributed by atoms with Crippen molar-refractivity contribution in [3.63, 3.8) is 0 Å². The Morgan fingerprint density at radius 1 is 1.45 bits per heavy atom. The van der Waals surface area contributed by atoms with Crippen LogP contribution < -0.4 is 5.32 Å². The molecule has 0 bridgehead atoms. The second-order valence-electron chi connectivity index (χ2n) is 5.00. The van der Waals surface area contributed by atoms with Gasteiger partial charge in [-0.25, -0.2) is 4.39 Å². The highest BCUT2D eigenvalue weighted by Gasteiger charge is 2.26. The first-order valence-corrected chi connectivity index (χ1v) is 6.96. The molecule has 0 radical (unpaired) electrons. The van der Waals surface area contributed by atoms with Gasteiger partial charge in [0.25, 0.3) is 0 Å². The molecule has 1 aliphatic heterocycles. The molecule has 112 valence electrons. The summed E-state index contributed by atoms with van der Waals surface area (Å²) < 4.78 is 13.6. The highest BCUT2D eigenvalue weighted by molar-refractivity contribution is 5.85. The number of nitrogens with one attached hydrogen (secondary N) is 1. The Morgan fingerprint density at radius 2 is 2.20 bits per heavy atom. The van der Waals surface area contributed by atoms with E-state index in [1.54, 1.807) is 18.2 Å². The Morgan fingerprint density at radius 3 is 2.80 bits per heavy atom. The van der Waals surface area contributed by atoms with E-state index in [1.807, 2.05) is 4.90 Å². The molecule has 20 heavy (non-hydrogen) atoms. The number of carbonyl (C=O) groups excluding carboxylic acids is 1. The average Bonchev–Trinajstić information content (AvgIpc) is 2.92. The molecule has 1 unspecified atom stereocenters. The predicted octanol–water partition coefficient (Wildman–Crippen LogP) is 2.39. The second kappa shape index (κ2) is 8.22. The molecule has 2 rings (SSSR count). The van der Waals surface area contributed by atoms with E-state index in [-0.39, 0.29) is 36.6 Å². The third-order valence-electron chi connectivity index (χ3n) is 3.56. The van der Waals surface area contributed by atoms with Crippen LogP contribution in [0.25, 0.3) is 0 Å². The van der Waals surface area contributed by atoms with Crippen molar-refractivity contribution in [1.29, 1.82) is 0 Å². The summed E-state index contributed by atoms with van der Waals surface area (Å²) in [5.74, 6) is -0.266. The first kappa shape index (κ1) is 16.9. The largest absolute Gasteiger partial charge is 0.338 e. The lowest BCUT2D eigenvalue weighted by Gasteiger charge is -2.28. The molecule has 1 fully saturated rings. The van der Waals surface area contributed by atoms with Crippen LogP contribution in [0.4, 0.5) is 4.39 Å².